The highest BCUT2D eigenvalue weighted by Crippen LogP contribution is 2.20. The third-order valence-corrected chi connectivity index (χ3v) is 3.69. The molecule has 114 valence electrons. The zero-order valence-corrected chi connectivity index (χ0v) is 12.3. The average molecular weight is 301 g/mol. The van der Waals surface area contributed by atoms with E-state index in [0.29, 0.717) is 18.9 Å². The first kappa shape index (κ1) is 14.7. The van der Waals surface area contributed by atoms with E-state index in [2.05, 4.69) is 29.2 Å². The number of aromatic nitrogens is 2. The summed E-state index contributed by atoms with van der Waals surface area (Å²) >= 11 is 0. The molecule has 0 spiro atoms. The van der Waals surface area contributed by atoms with Crippen molar-refractivity contribution < 1.29 is 8.78 Å². The van der Waals surface area contributed by atoms with Gasteiger partial charge in [0.15, 0.2) is 0 Å². The lowest BCUT2D eigenvalue weighted by atomic mass is 10.0. The van der Waals surface area contributed by atoms with E-state index in [0.717, 1.165) is 4.57 Å². The van der Waals surface area contributed by atoms with Gasteiger partial charge in [0.2, 0.25) is 0 Å². The van der Waals surface area contributed by atoms with Crippen LogP contribution >= 0.6 is 0 Å². The third kappa shape index (κ3) is 2.99. The molecule has 22 heavy (non-hydrogen) atoms. The summed E-state index contributed by atoms with van der Waals surface area (Å²) in [5.41, 5.74) is 1.18. The lowest BCUT2D eigenvalue weighted by Crippen LogP contribution is -2.20. The van der Waals surface area contributed by atoms with Gasteiger partial charge in [-0.3, -0.25) is 9.47 Å². The quantitative estimate of drug-likeness (QED) is 0.708. The Morgan fingerprint density at radius 2 is 1.86 bits per heavy atom. The molecule has 0 atom stereocenters. The molecule has 0 amide bonds. The lowest BCUT2D eigenvalue weighted by Gasteiger charge is -2.18. The highest BCUT2D eigenvalue weighted by atomic mass is 19.3. The maximum absolute atomic E-state index is 12.9. The van der Waals surface area contributed by atoms with Crippen LogP contribution in [0.1, 0.15) is 17.9 Å². The van der Waals surface area contributed by atoms with Crippen LogP contribution in [0.3, 0.4) is 0 Å². The molecule has 0 aliphatic heterocycles. The van der Waals surface area contributed by atoms with Gasteiger partial charge in [-0.15, -0.1) is 0 Å². The van der Waals surface area contributed by atoms with Crippen molar-refractivity contribution in [3.63, 3.8) is 0 Å². The molecule has 3 rings (SSSR count). The summed E-state index contributed by atoms with van der Waals surface area (Å²) in [6.07, 6.45) is 2.72. The van der Waals surface area contributed by atoms with Crippen LogP contribution in [0.15, 0.2) is 54.9 Å². The van der Waals surface area contributed by atoms with Gasteiger partial charge in [0.1, 0.15) is 5.82 Å². The molecule has 0 saturated heterocycles. The second-order valence-electron chi connectivity index (χ2n) is 5.34. The van der Waals surface area contributed by atoms with Gasteiger partial charge >= 0.3 is 6.55 Å². The Bertz CT molecular complexity index is 762. The van der Waals surface area contributed by atoms with E-state index >= 15 is 0 Å². The summed E-state index contributed by atoms with van der Waals surface area (Å²) in [5.74, 6) is 0.373. The van der Waals surface area contributed by atoms with E-state index < -0.39 is 6.55 Å². The summed E-state index contributed by atoms with van der Waals surface area (Å²) in [5, 5.41) is 2.37. The summed E-state index contributed by atoms with van der Waals surface area (Å²) in [7, 11) is 1.91. The zero-order chi connectivity index (χ0) is 15.5. The first-order valence-electron chi connectivity index (χ1n) is 7.10. The van der Waals surface area contributed by atoms with Gasteiger partial charge in [0, 0.05) is 18.9 Å². The second kappa shape index (κ2) is 6.23. The topological polar surface area (TPSA) is 21.1 Å². The van der Waals surface area contributed by atoms with E-state index in [1.807, 2.05) is 30.1 Å². The fourth-order valence-electron chi connectivity index (χ4n) is 2.66. The molecule has 0 N–H and O–H groups in total. The van der Waals surface area contributed by atoms with Crippen molar-refractivity contribution in [3.05, 3.63) is 66.2 Å². The number of fused-ring (bicyclic) bond motifs is 1. The van der Waals surface area contributed by atoms with E-state index in [1.165, 1.54) is 28.7 Å². The average Bonchev–Trinajstić information content (AvgIpc) is 2.96. The van der Waals surface area contributed by atoms with Crippen molar-refractivity contribution >= 4 is 10.8 Å². The monoisotopic (exact) mass is 301 g/mol. The molecule has 3 aromatic rings. The maximum atomic E-state index is 12.9. The van der Waals surface area contributed by atoms with Crippen molar-refractivity contribution in [1.29, 1.82) is 0 Å². The predicted molar refractivity (Wildman–Crippen MR) is 82.6 cm³/mol. The van der Waals surface area contributed by atoms with E-state index in [-0.39, 0.29) is 0 Å². The number of halogens is 2. The first-order valence-corrected chi connectivity index (χ1v) is 7.10. The zero-order valence-electron chi connectivity index (χ0n) is 12.3. The molecule has 0 unspecified atom stereocenters. The SMILES string of the molecule is CN(Cc1cccc2ccccc12)Cc1nccn1C(F)F. The number of nitrogens with zero attached hydrogens (tertiary/aromatic N) is 3. The van der Waals surface area contributed by atoms with Crippen LogP contribution < -0.4 is 0 Å². The lowest BCUT2D eigenvalue weighted by molar-refractivity contribution is 0.0644. The van der Waals surface area contributed by atoms with Crippen molar-refractivity contribution in [1.82, 2.24) is 14.5 Å². The fourth-order valence-corrected chi connectivity index (χ4v) is 2.66. The van der Waals surface area contributed by atoms with Gasteiger partial charge in [-0.2, -0.15) is 8.78 Å². The minimum absolute atomic E-state index is 0.373. The molecule has 0 saturated carbocycles. The molecular weight excluding hydrogens is 284 g/mol. The first-order chi connectivity index (χ1) is 10.6. The molecule has 0 aliphatic carbocycles. The Morgan fingerprint density at radius 3 is 2.68 bits per heavy atom. The summed E-state index contributed by atoms with van der Waals surface area (Å²) in [6.45, 7) is -1.50. The second-order valence-corrected chi connectivity index (χ2v) is 5.34. The highest BCUT2D eigenvalue weighted by molar-refractivity contribution is 5.85. The third-order valence-electron chi connectivity index (χ3n) is 3.69. The highest BCUT2D eigenvalue weighted by Gasteiger charge is 2.13. The molecule has 2 aromatic carbocycles. The van der Waals surface area contributed by atoms with Gasteiger partial charge in [-0.05, 0) is 23.4 Å². The van der Waals surface area contributed by atoms with Gasteiger partial charge in [-0.25, -0.2) is 4.98 Å². The van der Waals surface area contributed by atoms with Crippen LogP contribution in [0.25, 0.3) is 10.8 Å². The standard InChI is InChI=1S/C17H17F2N3/c1-21(12-16-20-9-10-22(16)17(18)19)11-14-7-4-6-13-5-2-3-8-15(13)14/h2-10,17H,11-12H2,1H3. The van der Waals surface area contributed by atoms with Crippen LogP contribution in [0.4, 0.5) is 8.78 Å². The molecule has 3 nitrogen and oxygen atoms in total. The largest absolute Gasteiger partial charge is 0.319 e. The number of rotatable bonds is 5. The van der Waals surface area contributed by atoms with Gasteiger partial charge in [0.05, 0.1) is 6.54 Å². The predicted octanol–water partition coefficient (Wildman–Crippen LogP) is 4.06. The van der Waals surface area contributed by atoms with Gasteiger partial charge in [0.25, 0.3) is 0 Å². The number of hydrogen-bond donors (Lipinski definition) is 0. The van der Waals surface area contributed by atoms with Crippen LogP contribution in [0.2, 0.25) is 0 Å². The summed E-state index contributed by atoms with van der Waals surface area (Å²) < 4.78 is 26.6. The smallest absolute Gasteiger partial charge is 0.295 e. The number of benzene rings is 2. The van der Waals surface area contributed by atoms with Crippen LogP contribution in [0.5, 0.6) is 0 Å². The minimum atomic E-state index is -2.55. The molecule has 0 fully saturated rings. The Balaban J connectivity index is 1.79. The van der Waals surface area contributed by atoms with E-state index in [1.54, 1.807) is 0 Å². The normalized spacial score (nSPS) is 11.7. The van der Waals surface area contributed by atoms with Crippen molar-refractivity contribution in [2.24, 2.45) is 0 Å². The fraction of sp³-hybridized carbons (Fsp3) is 0.235. The van der Waals surface area contributed by atoms with E-state index in [9.17, 15) is 8.78 Å². The summed E-state index contributed by atoms with van der Waals surface area (Å²) in [6, 6.07) is 14.3. The Kier molecular flexibility index (Phi) is 4.15. The molecular formula is C17H17F2N3. The molecule has 0 bridgehead atoms. The summed E-state index contributed by atoms with van der Waals surface area (Å²) in [4.78, 5) is 6.01. The number of alkyl halides is 2. The Hall–Kier alpha value is -2.27. The number of imidazole rings is 1. The maximum Gasteiger partial charge on any atom is 0.319 e. The van der Waals surface area contributed by atoms with Gasteiger partial charge < -0.3 is 0 Å². The van der Waals surface area contributed by atoms with Crippen molar-refractivity contribution in [3.8, 4) is 0 Å². The Morgan fingerprint density at radius 1 is 1.09 bits per heavy atom. The van der Waals surface area contributed by atoms with E-state index in [4.69, 9.17) is 0 Å². The molecule has 1 heterocycles. The van der Waals surface area contributed by atoms with Crippen molar-refractivity contribution in [2.45, 2.75) is 19.6 Å². The minimum Gasteiger partial charge on any atom is -0.295 e. The molecule has 1 aromatic heterocycles. The molecule has 5 heteroatoms. The van der Waals surface area contributed by atoms with Crippen LogP contribution in [-0.4, -0.2) is 21.5 Å². The molecule has 0 radical (unpaired) electrons. The van der Waals surface area contributed by atoms with Crippen LogP contribution in [-0.2, 0) is 13.1 Å². The number of hydrogen-bond acceptors (Lipinski definition) is 2. The Labute approximate surface area is 127 Å². The molecule has 0 aliphatic rings. The van der Waals surface area contributed by atoms with Crippen LogP contribution in [0, 0.1) is 0 Å². The van der Waals surface area contributed by atoms with Crippen molar-refractivity contribution in [2.75, 3.05) is 7.05 Å². The van der Waals surface area contributed by atoms with Gasteiger partial charge in [-0.1, -0.05) is 42.5 Å².